The van der Waals surface area contributed by atoms with Crippen LogP contribution in [0.15, 0.2) is 18.2 Å². The van der Waals surface area contributed by atoms with Crippen molar-refractivity contribution in [2.24, 2.45) is 17.6 Å². The van der Waals surface area contributed by atoms with Crippen molar-refractivity contribution >= 4 is 17.7 Å². The van der Waals surface area contributed by atoms with Crippen molar-refractivity contribution in [1.29, 1.82) is 0 Å². The zero-order valence-electron chi connectivity index (χ0n) is 16.5. The molecule has 28 heavy (non-hydrogen) atoms. The van der Waals surface area contributed by atoms with Crippen LogP contribution in [0.5, 0.6) is 0 Å². The van der Waals surface area contributed by atoms with Gasteiger partial charge in [-0.3, -0.25) is 24.6 Å². The SMILES string of the molecule is CC1CN(Cc2cccc3c2C(=O)N(C2CCC(=O)NC2=O)C3)CC(C)C1N. The van der Waals surface area contributed by atoms with Crippen molar-refractivity contribution in [3.8, 4) is 0 Å². The van der Waals surface area contributed by atoms with Crippen LogP contribution in [0.2, 0.25) is 0 Å². The molecule has 3 unspecified atom stereocenters. The Labute approximate surface area is 165 Å². The molecule has 0 aliphatic carbocycles. The number of rotatable bonds is 3. The average Bonchev–Trinajstić information content (AvgIpc) is 2.97. The molecule has 0 saturated carbocycles. The molecule has 150 valence electrons. The van der Waals surface area contributed by atoms with Gasteiger partial charge >= 0.3 is 0 Å². The Morgan fingerprint density at radius 1 is 1.14 bits per heavy atom. The number of piperidine rings is 2. The first-order valence-electron chi connectivity index (χ1n) is 10.1. The number of benzene rings is 1. The third kappa shape index (κ3) is 3.33. The van der Waals surface area contributed by atoms with Crippen molar-refractivity contribution in [1.82, 2.24) is 15.1 Å². The second-order valence-electron chi connectivity index (χ2n) is 8.58. The molecule has 1 aromatic carbocycles. The minimum Gasteiger partial charge on any atom is -0.327 e. The Kier molecular flexibility index (Phi) is 4.97. The summed E-state index contributed by atoms with van der Waals surface area (Å²) < 4.78 is 0. The van der Waals surface area contributed by atoms with Crippen LogP contribution in [0.1, 0.15) is 48.2 Å². The fraction of sp³-hybridized carbons (Fsp3) is 0.571. The highest BCUT2D eigenvalue weighted by molar-refractivity contribution is 6.05. The maximum atomic E-state index is 13.2. The third-order valence-electron chi connectivity index (χ3n) is 6.44. The lowest BCUT2D eigenvalue weighted by Gasteiger charge is -2.39. The zero-order valence-corrected chi connectivity index (χ0v) is 16.5. The molecule has 2 saturated heterocycles. The number of imide groups is 1. The van der Waals surface area contributed by atoms with Crippen LogP contribution in [-0.4, -0.2) is 52.7 Å². The molecule has 0 bridgehead atoms. The lowest BCUT2D eigenvalue weighted by Crippen LogP contribution is -2.52. The van der Waals surface area contributed by atoms with Crippen LogP contribution in [0.25, 0.3) is 0 Å². The molecule has 4 rings (SSSR count). The first-order valence-corrected chi connectivity index (χ1v) is 10.1. The number of hydrogen-bond acceptors (Lipinski definition) is 5. The van der Waals surface area contributed by atoms with Gasteiger partial charge in [-0.25, -0.2) is 0 Å². The summed E-state index contributed by atoms with van der Waals surface area (Å²) in [6, 6.07) is 5.59. The third-order valence-corrected chi connectivity index (χ3v) is 6.44. The summed E-state index contributed by atoms with van der Waals surface area (Å²) in [5.74, 6) is 0.0894. The van der Waals surface area contributed by atoms with Gasteiger partial charge in [-0.1, -0.05) is 32.0 Å². The molecule has 3 atom stereocenters. The lowest BCUT2D eigenvalue weighted by atomic mass is 9.86. The molecular formula is C21H28N4O3. The van der Waals surface area contributed by atoms with Crippen LogP contribution in [0.4, 0.5) is 0 Å². The molecule has 3 amide bonds. The molecule has 3 heterocycles. The van der Waals surface area contributed by atoms with Gasteiger partial charge in [0.15, 0.2) is 0 Å². The van der Waals surface area contributed by atoms with Crippen LogP contribution >= 0.6 is 0 Å². The second kappa shape index (κ2) is 7.29. The fourth-order valence-electron chi connectivity index (χ4n) is 4.89. The predicted octanol–water partition coefficient (Wildman–Crippen LogP) is 0.863. The van der Waals surface area contributed by atoms with Crippen molar-refractivity contribution in [3.05, 3.63) is 34.9 Å². The molecule has 0 aromatic heterocycles. The van der Waals surface area contributed by atoms with Gasteiger partial charge in [-0.05, 0) is 29.4 Å². The summed E-state index contributed by atoms with van der Waals surface area (Å²) in [7, 11) is 0. The Balaban J connectivity index is 1.54. The number of hydrogen-bond donors (Lipinski definition) is 2. The van der Waals surface area contributed by atoms with Gasteiger partial charge in [-0.15, -0.1) is 0 Å². The van der Waals surface area contributed by atoms with Crippen molar-refractivity contribution < 1.29 is 14.4 Å². The van der Waals surface area contributed by atoms with Gasteiger partial charge < -0.3 is 10.6 Å². The molecule has 7 heteroatoms. The summed E-state index contributed by atoms with van der Waals surface area (Å²) in [5.41, 5.74) is 8.96. The number of likely N-dealkylation sites (tertiary alicyclic amines) is 1. The Morgan fingerprint density at radius 3 is 2.54 bits per heavy atom. The van der Waals surface area contributed by atoms with Crippen LogP contribution in [-0.2, 0) is 22.7 Å². The number of fused-ring (bicyclic) bond motifs is 1. The first-order chi connectivity index (χ1) is 13.3. The second-order valence-corrected chi connectivity index (χ2v) is 8.58. The van der Waals surface area contributed by atoms with E-state index in [1.54, 1.807) is 4.90 Å². The van der Waals surface area contributed by atoms with E-state index in [9.17, 15) is 14.4 Å². The first kappa shape index (κ1) is 19.1. The van der Waals surface area contributed by atoms with E-state index in [-0.39, 0.29) is 30.2 Å². The topological polar surface area (TPSA) is 95.7 Å². The van der Waals surface area contributed by atoms with Gasteiger partial charge in [0.05, 0.1) is 0 Å². The van der Waals surface area contributed by atoms with E-state index in [1.807, 2.05) is 18.2 Å². The molecule has 3 N–H and O–H groups in total. The molecule has 2 fully saturated rings. The highest BCUT2D eigenvalue weighted by Gasteiger charge is 2.40. The monoisotopic (exact) mass is 384 g/mol. The maximum absolute atomic E-state index is 13.2. The molecule has 0 radical (unpaired) electrons. The molecular weight excluding hydrogens is 356 g/mol. The van der Waals surface area contributed by atoms with E-state index in [1.165, 1.54) is 0 Å². The lowest BCUT2D eigenvalue weighted by molar-refractivity contribution is -0.136. The van der Waals surface area contributed by atoms with E-state index in [0.29, 0.717) is 31.3 Å². The minimum absolute atomic E-state index is 0.102. The van der Waals surface area contributed by atoms with Crippen molar-refractivity contribution in [2.45, 2.75) is 51.9 Å². The largest absolute Gasteiger partial charge is 0.327 e. The van der Waals surface area contributed by atoms with Gasteiger partial charge in [-0.2, -0.15) is 0 Å². The predicted molar refractivity (Wildman–Crippen MR) is 104 cm³/mol. The summed E-state index contributed by atoms with van der Waals surface area (Å²) in [5, 5.41) is 2.36. The van der Waals surface area contributed by atoms with Crippen LogP contribution in [0.3, 0.4) is 0 Å². The van der Waals surface area contributed by atoms with Crippen molar-refractivity contribution in [2.75, 3.05) is 13.1 Å². The van der Waals surface area contributed by atoms with E-state index >= 15 is 0 Å². The molecule has 7 nitrogen and oxygen atoms in total. The number of carbonyl (C=O) groups is 3. The molecule has 1 aromatic rings. The zero-order chi connectivity index (χ0) is 20.0. The van der Waals surface area contributed by atoms with E-state index in [4.69, 9.17) is 5.73 Å². The summed E-state index contributed by atoms with van der Waals surface area (Å²) >= 11 is 0. The van der Waals surface area contributed by atoms with Gasteiger partial charge in [0.2, 0.25) is 11.8 Å². The van der Waals surface area contributed by atoms with Crippen molar-refractivity contribution in [3.63, 3.8) is 0 Å². The van der Waals surface area contributed by atoms with Gasteiger partial charge in [0.25, 0.3) is 5.91 Å². The Hall–Kier alpha value is -2.25. The number of nitrogens with two attached hydrogens (primary N) is 1. The Morgan fingerprint density at radius 2 is 1.86 bits per heavy atom. The minimum atomic E-state index is -0.571. The van der Waals surface area contributed by atoms with Gasteiger partial charge in [0, 0.05) is 44.2 Å². The molecule has 0 spiro atoms. The summed E-state index contributed by atoms with van der Waals surface area (Å²) in [4.78, 5) is 40.9. The number of nitrogens with zero attached hydrogens (tertiary/aromatic N) is 2. The maximum Gasteiger partial charge on any atom is 0.255 e. The summed E-state index contributed by atoms with van der Waals surface area (Å²) in [6.45, 7) is 7.32. The van der Waals surface area contributed by atoms with Crippen LogP contribution < -0.4 is 11.1 Å². The smallest absolute Gasteiger partial charge is 0.255 e. The normalized spacial score (nSPS) is 31.1. The number of nitrogens with one attached hydrogen (secondary N) is 1. The number of amides is 3. The quantitative estimate of drug-likeness (QED) is 0.754. The van der Waals surface area contributed by atoms with Gasteiger partial charge in [0.1, 0.15) is 6.04 Å². The highest BCUT2D eigenvalue weighted by atomic mass is 16.2. The fourth-order valence-corrected chi connectivity index (χ4v) is 4.89. The number of carbonyl (C=O) groups excluding carboxylic acids is 3. The van der Waals surface area contributed by atoms with E-state index < -0.39 is 6.04 Å². The van der Waals surface area contributed by atoms with E-state index in [2.05, 4.69) is 24.1 Å². The van der Waals surface area contributed by atoms with E-state index in [0.717, 1.165) is 29.8 Å². The average molecular weight is 384 g/mol. The summed E-state index contributed by atoms with van der Waals surface area (Å²) in [6.07, 6.45) is 0.659. The molecule has 3 aliphatic heterocycles. The Bertz CT molecular complexity index is 812. The molecule has 3 aliphatic rings. The standard InChI is InChI=1S/C21H28N4O3/c1-12-8-24(9-13(2)19(12)22)10-14-4-3-5-15-11-25(21(28)18(14)15)16-6-7-17(26)23-20(16)27/h3-5,12-13,16,19H,6-11,22H2,1-2H3,(H,23,26,27). The van der Waals surface area contributed by atoms with Crippen LogP contribution in [0, 0.1) is 11.8 Å². The highest BCUT2D eigenvalue weighted by Crippen LogP contribution is 2.31.